The normalized spacial score (nSPS) is 20.3. The van der Waals surface area contributed by atoms with Crippen LogP contribution in [0.5, 0.6) is 0 Å². The van der Waals surface area contributed by atoms with E-state index in [2.05, 4.69) is 21.3 Å². The van der Waals surface area contributed by atoms with Gasteiger partial charge in [-0.2, -0.15) is 0 Å². The summed E-state index contributed by atoms with van der Waals surface area (Å²) < 4.78 is 15.4. The van der Waals surface area contributed by atoms with Gasteiger partial charge in [0.1, 0.15) is 6.04 Å². The first kappa shape index (κ1) is 39.8. The average Bonchev–Trinajstić information content (AvgIpc) is 3.80. The zero-order valence-corrected chi connectivity index (χ0v) is 32.6. The first-order chi connectivity index (χ1) is 26.6. The molecule has 2 aromatic carbocycles. The molecule has 0 unspecified atom stereocenters. The highest BCUT2D eigenvalue weighted by atomic mass is 16.5. The van der Waals surface area contributed by atoms with Crippen molar-refractivity contribution in [3.05, 3.63) is 63.6 Å². The lowest BCUT2D eigenvalue weighted by atomic mass is 9.96. The molecule has 3 fully saturated rings. The van der Waals surface area contributed by atoms with Gasteiger partial charge in [-0.1, -0.05) is 38.1 Å². The van der Waals surface area contributed by atoms with Crippen LogP contribution in [-0.4, -0.2) is 120 Å². The summed E-state index contributed by atoms with van der Waals surface area (Å²) in [6, 6.07) is 12.1. The predicted octanol–water partition coefficient (Wildman–Crippen LogP) is 5.32. The number of aryl methyl sites for hydroxylation is 1. The van der Waals surface area contributed by atoms with E-state index in [9.17, 15) is 24.0 Å². The molecule has 298 valence electrons. The maximum atomic E-state index is 13.1. The van der Waals surface area contributed by atoms with Crippen LogP contribution in [0, 0.1) is 12.8 Å². The number of piperidine rings is 2. The Kier molecular flexibility index (Phi) is 13.2. The molecule has 4 aliphatic heterocycles. The summed E-state index contributed by atoms with van der Waals surface area (Å²) in [6.07, 6.45) is 7.24. The van der Waals surface area contributed by atoms with Crippen LogP contribution in [0.2, 0.25) is 0 Å². The van der Waals surface area contributed by atoms with Crippen molar-refractivity contribution in [2.45, 2.75) is 96.7 Å². The molecule has 4 aliphatic rings. The minimum atomic E-state index is -0.462. The van der Waals surface area contributed by atoms with Crippen molar-refractivity contribution in [3.8, 4) is 0 Å². The Hall–Kier alpha value is -4.85. The van der Waals surface area contributed by atoms with Gasteiger partial charge in [-0.05, 0) is 100 Å². The summed E-state index contributed by atoms with van der Waals surface area (Å²) in [5, 5.41) is 3.00. The summed E-state index contributed by atoms with van der Waals surface area (Å²) in [6.45, 7) is 10.7. The summed E-state index contributed by atoms with van der Waals surface area (Å²) in [4.78, 5) is 71.6. The van der Waals surface area contributed by atoms with Gasteiger partial charge < -0.3 is 33.9 Å². The quantitative estimate of drug-likeness (QED) is 0.290. The number of anilines is 1. The largest absolute Gasteiger partial charge is 0.465 e. The highest BCUT2D eigenvalue weighted by Gasteiger charge is 2.38. The van der Waals surface area contributed by atoms with Crippen LogP contribution in [-0.2, 0) is 31.9 Å². The third kappa shape index (κ3) is 9.52. The van der Waals surface area contributed by atoms with Crippen molar-refractivity contribution in [3.63, 3.8) is 0 Å². The molecular weight excluding hydrogens is 704 g/mol. The molecule has 2 atom stereocenters. The molecule has 0 saturated carbocycles. The zero-order chi connectivity index (χ0) is 39.1. The minimum absolute atomic E-state index is 0.0403. The zero-order valence-electron chi connectivity index (χ0n) is 32.6. The van der Waals surface area contributed by atoms with Gasteiger partial charge in [-0.25, -0.2) is 14.4 Å². The fraction of sp³-hybridized carbons (Fsp3) is 0.585. The molecular formula is C41H56N6O8. The molecule has 0 radical (unpaired) electrons. The van der Waals surface area contributed by atoms with E-state index in [1.54, 1.807) is 4.90 Å². The van der Waals surface area contributed by atoms with Gasteiger partial charge in [0.15, 0.2) is 5.58 Å². The van der Waals surface area contributed by atoms with E-state index in [-0.39, 0.29) is 42.0 Å². The van der Waals surface area contributed by atoms with Crippen molar-refractivity contribution >= 4 is 40.8 Å². The number of carbonyl (C=O) groups excluding carboxylic acids is 4. The first-order valence-corrected chi connectivity index (χ1v) is 19.9. The van der Waals surface area contributed by atoms with Gasteiger partial charge in [0.2, 0.25) is 5.91 Å². The lowest BCUT2D eigenvalue weighted by Gasteiger charge is -2.39. The number of hydrogen-bond donors (Lipinski definition) is 2. The molecule has 3 aromatic rings. The number of H-pyrrole nitrogens is 1. The van der Waals surface area contributed by atoms with Gasteiger partial charge in [0.25, 0.3) is 0 Å². The highest BCUT2D eigenvalue weighted by Crippen LogP contribution is 2.29. The number of likely N-dealkylation sites (tertiary alicyclic amines) is 3. The van der Waals surface area contributed by atoms with Crippen molar-refractivity contribution in [2.75, 3.05) is 58.3 Å². The fourth-order valence-electron chi connectivity index (χ4n) is 8.59. The number of aromatic nitrogens is 1. The van der Waals surface area contributed by atoms with Crippen LogP contribution < -0.4 is 11.1 Å². The van der Waals surface area contributed by atoms with Crippen LogP contribution in [0.4, 0.5) is 15.3 Å². The maximum absolute atomic E-state index is 13.1. The van der Waals surface area contributed by atoms with Crippen LogP contribution >= 0.6 is 0 Å². The third-order valence-corrected chi connectivity index (χ3v) is 11.5. The van der Waals surface area contributed by atoms with Crippen molar-refractivity contribution in [1.29, 1.82) is 0 Å². The molecule has 4 amide bonds. The number of nitrogens with zero attached hydrogens (tertiary/aromatic N) is 4. The number of hydrogen-bond acceptors (Lipinski definition) is 9. The molecule has 0 bridgehead atoms. The van der Waals surface area contributed by atoms with Gasteiger partial charge >= 0.3 is 23.8 Å². The summed E-state index contributed by atoms with van der Waals surface area (Å²) in [5.74, 6) is -0.558. The van der Waals surface area contributed by atoms with Gasteiger partial charge in [-0.3, -0.25) is 19.5 Å². The minimum Gasteiger partial charge on any atom is -0.465 e. The van der Waals surface area contributed by atoms with Crippen molar-refractivity contribution in [2.24, 2.45) is 5.92 Å². The number of amides is 4. The van der Waals surface area contributed by atoms with Crippen LogP contribution in [0.3, 0.4) is 0 Å². The number of para-hydroxylation sites is 1. The van der Waals surface area contributed by atoms with E-state index < -0.39 is 5.76 Å². The van der Waals surface area contributed by atoms with Gasteiger partial charge in [-0.15, -0.1) is 0 Å². The molecule has 0 aliphatic carbocycles. The second-order valence-electron chi connectivity index (χ2n) is 15.2. The molecule has 55 heavy (non-hydrogen) atoms. The molecule has 5 heterocycles. The van der Waals surface area contributed by atoms with Crippen molar-refractivity contribution < 1.29 is 33.1 Å². The second-order valence-corrected chi connectivity index (χ2v) is 15.2. The SMILES string of the molecule is CCCOC(=O)[C@H]1CCCN1C1CCN(C(=O)[C@H](C)Cc2cc(C)c3[nH]c(=O)oc3c2)CC1.COC(=O)N1CCC(N2CCc3ccccc3NC2=O)CC1. The Morgan fingerprint density at radius 1 is 0.927 bits per heavy atom. The van der Waals surface area contributed by atoms with Crippen LogP contribution in [0.1, 0.15) is 75.5 Å². The standard InChI is InChI=1S/C25H35N3O5.C16H21N3O3/c1-4-12-32-24(30)20-6-5-9-28(20)19-7-10-27(11-8-19)23(29)17(3)14-18-13-16(2)22-21(15-18)33-25(31)26-22;1-22-16(21)18-9-7-13(8-10-18)19-11-6-12-4-2-3-5-14(12)17-15(19)20/h13,15,17,19-20H,4-12,14H2,1-3H3,(H,26,31);2-5,13H,6-11H2,1H3,(H,17,20)/t17-,20-;/m1./s1. The summed E-state index contributed by atoms with van der Waals surface area (Å²) >= 11 is 0. The number of nitrogens with one attached hydrogen (secondary N) is 2. The lowest BCUT2D eigenvalue weighted by Crippen LogP contribution is -2.51. The number of carbonyl (C=O) groups is 4. The van der Waals surface area contributed by atoms with E-state index in [1.165, 1.54) is 12.7 Å². The molecule has 14 heteroatoms. The molecule has 2 N–H and O–H groups in total. The monoisotopic (exact) mass is 760 g/mol. The van der Waals surface area contributed by atoms with Crippen LogP contribution in [0.15, 0.2) is 45.6 Å². The molecule has 0 spiro atoms. The maximum Gasteiger partial charge on any atom is 0.417 e. The first-order valence-electron chi connectivity index (χ1n) is 19.9. The Morgan fingerprint density at radius 3 is 2.36 bits per heavy atom. The van der Waals surface area contributed by atoms with Crippen molar-refractivity contribution in [1.82, 2.24) is 24.6 Å². The van der Waals surface area contributed by atoms with Gasteiger partial charge in [0, 0.05) is 56.4 Å². The number of fused-ring (bicyclic) bond motifs is 2. The second kappa shape index (κ2) is 18.2. The molecule has 14 nitrogen and oxygen atoms in total. The number of benzene rings is 2. The number of oxazole rings is 1. The Bertz CT molecular complexity index is 1880. The van der Waals surface area contributed by atoms with E-state index in [4.69, 9.17) is 13.9 Å². The summed E-state index contributed by atoms with van der Waals surface area (Å²) in [7, 11) is 1.40. The number of ether oxygens (including phenoxy) is 2. The van der Waals surface area contributed by atoms with E-state index in [0.717, 1.165) is 74.7 Å². The van der Waals surface area contributed by atoms with E-state index in [0.29, 0.717) is 62.9 Å². The highest BCUT2D eigenvalue weighted by molar-refractivity contribution is 5.91. The molecule has 1 aromatic heterocycles. The Labute approximate surface area is 322 Å². The van der Waals surface area contributed by atoms with E-state index in [1.807, 2.05) is 60.9 Å². The number of urea groups is 1. The average molecular weight is 761 g/mol. The number of rotatable bonds is 8. The third-order valence-electron chi connectivity index (χ3n) is 11.5. The van der Waals surface area contributed by atoms with Crippen LogP contribution in [0.25, 0.3) is 11.1 Å². The summed E-state index contributed by atoms with van der Waals surface area (Å²) in [5.41, 5.74) is 5.25. The Morgan fingerprint density at radius 2 is 1.64 bits per heavy atom. The van der Waals surface area contributed by atoms with E-state index >= 15 is 0 Å². The number of methoxy groups -OCH3 is 1. The topological polar surface area (TPSA) is 158 Å². The number of aromatic amines is 1. The van der Waals surface area contributed by atoms with Gasteiger partial charge in [0.05, 0.1) is 19.2 Å². The molecule has 3 saturated heterocycles. The number of esters is 1. The fourth-order valence-corrected chi connectivity index (χ4v) is 8.59. The lowest BCUT2D eigenvalue weighted by molar-refractivity contribution is -0.150. The Balaban J connectivity index is 0.000000203. The predicted molar refractivity (Wildman–Crippen MR) is 208 cm³/mol. The molecule has 7 rings (SSSR count). The smallest absolute Gasteiger partial charge is 0.417 e.